The highest BCUT2D eigenvalue weighted by Gasteiger charge is 2.28. The van der Waals surface area contributed by atoms with Crippen LogP contribution in [-0.4, -0.2) is 54.4 Å². The summed E-state index contributed by atoms with van der Waals surface area (Å²) in [5, 5.41) is 0. The summed E-state index contributed by atoms with van der Waals surface area (Å²) in [6.07, 6.45) is 4.00. The fourth-order valence-electron chi connectivity index (χ4n) is 3.82. The van der Waals surface area contributed by atoms with Crippen LogP contribution in [0.2, 0.25) is 0 Å². The molecule has 6 heteroatoms. The van der Waals surface area contributed by atoms with Gasteiger partial charge in [-0.2, -0.15) is 0 Å². The van der Waals surface area contributed by atoms with Crippen LogP contribution in [0.1, 0.15) is 18.4 Å². The first-order valence-electron chi connectivity index (χ1n) is 9.54. The lowest BCUT2D eigenvalue weighted by atomic mass is 10.1. The molecule has 2 aromatic rings. The molecule has 0 aliphatic carbocycles. The summed E-state index contributed by atoms with van der Waals surface area (Å²) in [6.45, 7) is 2.94. The van der Waals surface area contributed by atoms with E-state index < -0.39 is 0 Å². The van der Waals surface area contributed by atoms with Crippen molar-refractivity contribution < 1.29 is 9.59 Å². The first kappa shape index (κ1) is 17.5. The summed E-state index contributed by atoms with van der Waals surface area (Å²) in [5.74, 6) is 1.00. The fourth-order valence-corrected chi connectivity index (χ4v) is 3.82. The van der Waals surface area contributed by atoms with Crippen LogP contribution in [0.15, 0.2) is 48.7 Å². The number of hydrogen-bond donors (Lipinski definition) is 0. The van der Waals surface area contributed by atoms with Crippen LogP contribution in [-0.2, 0) is 16.0 Å². The van der Waals surface area contributed by atoms with E-state index in [-0.39, 0.29) is 18.4 Å². The van der Waals surface area contributed by atoms with Crippen LogP contribution in [0, 0.1) is 0 Å². The van der Waals surface area contributed by atoms with E-state index in [4.69, 9.17) is 0 Å². The van der Waals surface area contributed by atoms with Gasteiger partial charge in [-0.15, -0.1) is 0 Å². The van der Waals surface area contributed by atoms with Crippen LogP contribution in [0.4, 0.5) is 11.5 Å². The summed E-state index contributed by atoms with van der Waals surface area (Å²) in [6, 6.07) is 13.8. The van der Waals surface area contributed by atoms with E-state index in [2.05, 4.69) is 16.0 Å². The zero-order valence-electron chi connectivity index (χ0n) is 15.4. The van der Waals surface area contributed by atoms with Gasteiger partial charge in [0.2, 0.25) is 11.8 Å². The number of carbonyl (C=O) groups excluding carboxylic acids is 2. The number of rotatable bonds is 3. The second-order valence-corrected chi connectivity index (χ2v) is 7.02. The molecule has 2 aliphatic rings. The van der Waals surface area contributed by atoms with Crippen LogP contribution >= 0.6 is 0 Å². The predicted molar refractivity (Wildman–Crippen MR) is 105 cm³/mol. The number of para-hydroxylation sites is 1. The maximum atomic E-state index is 12.9. The van der Waals surface area contributed by atoms with Crippen molar-refractivity contribution in [2.24, 2.45) is 0 Å². The third-order valence-corrected chi connectivity index (χ3v) is 5.32. The van der Waals surface area contributed by atoms with Gasteiger partial charge in [-0.3, -0.25) is 9.59 Å². The highest BCUT2D eigenvalue weighted by atomic mass is 16.2. The standard InChI is InChI=1S/C21H24N4O2/c26-20-10-5-7-17-6-1-2-8-18(17)25(20)16-21(27)24-14-12-23(13-15-24)19-9-3-4-11-22-19/h1-4,6,8-9,11H,5,7,10,12-16H2. The van der Waals surface area contributed by atoms with Crippen molar-refractivity contribution >= 4 is 23.3 Å². The number of fused-ring (bicyclic) bond motifs is 1. The first-order valence-corrected chi connectivity index (χ1v) is 9.54. The lowest BCUT2D eigenvalue weighted by Gasteiger charge is -2.36. The Morgan fingerprint density at radius 1 is 0.963 bits per heavy atom. The zero-order valence-corrected chi connectivity index (χ0v) is 15.4. The van der Waals surface area contributed by atoms with Crippen molar-refractivity contribution in [2.45, 2.75) is 19.3 Å². The molecule has 4 rings (SSSR count). The Morgan fingerprint density at radius 3 is 2.52 bits per heavy atom. The molecule has 0 atom stereocenters. The van der Waals surface area contributed by atoms with Crippen molar-refractivity contribution in [3.63, 3.8) is 0 Å². The van der Waals surface area contributed by atoms with E-state index in [1.165, 1.54) is 0 Å². The minimum absolute atomic E-state index is 0.0146. The first-order chi connectivity index (χ1) is 13.2. The number of pyridine rings is 1. The normalized spacial score (nSPS) is 17.5. The Kier molecular flexibility index (Phi) is 5.05. The summed E-state index contributed by atoms with van der Waals surface area (Å²) < 4.78 is 0. The number of amides is 2. The van der Waals surface area contributed by atoms with Gasteiger partial charge in [0.25, 0.3) is 0 Å². The molecule has 1 saturated heterocycles. The number of carbonyl (C=O) groups is 2. The van der Waals surface area contributed by atoms with Crippen molar-refractivity contribution in [3.05, 3.63) is 54.2 Å². The molecular formula is C21H24N4O2. The molecule has 0 saturated carbocycles. The van der Waals surface area contributed by atoms with Crippen molar-refractivity contribution in [1.29, 1.82) is 0 Å². The third kappa shape index (κ3) is 3.79. The average molecular weight is 364 g/mol. The molecule has 1 aromatic carbocycles. The smallest absolute Gasteiger partial charge is 0.242 e. The van der Waals surface area contributed by atoms with E-state index in [0.29, 0.717) is 19.5 Å². The van der Waals surface area contributed by atoms with Gasteiger partial charge >= 0.3 is 0 Å². The molecule has 0 unspecified atom stereocenters. The second kappa shape index (κ2) is 7.78. The van der Waals surface area contributed by atoms with Gasteiger partial charge in [0.15, 0.2) is 0 Å². The minimum Gasteiger partial charge on any atom is -0.353 e. The number of aryl methyl sites for hydroxylation is 1. The van der Waals surface area contributed by atoms with Gasteiger partial charge in [-0.25, -0.2) is 4.98 Å². The maximum absolute atomic E-state index is 12.9. The third-order valence-electron chi connectivity index (χ3n) is 5.32. The largest absolute Gasteiger partial charge is 0.353 e. The Bertz CT molecular complexity index is 816. The van der Waals surface area contributed by atoms with Gasteiger partial charge in [0.05, 0.1) is 0 Å². The van der Waals surface area contributed by atoms with Gasteiger partial charge in [-0.05, 0) is 36.6 Å². The lowest BCUT2D eigenvalue weighted by molar-refractivity contribution is -0.131. The molecule has 1 aromatic heterocycles. The van der Waals surface area contributed by atoms with E-state index in [9.17, 15) is 9.59 Å². The van der Waals surface area contributed by atoms with Gasteiger partial charge in [-0.1, -0.05) is 24.3 Å². The molecule has 3 heterocycles. The average Bonchev–Trinajstić information content (AvgIpc) is 2.88. The quantitative estimate of drug-likeness (QED) is 0.837. The molecule has 2 aliphatic heterocycles. The van der Waals surface area contributed by atoms with Crippen molar-refractivity contribution in [1.82, 2.24) is 9.88 Å². The van der Waals surface area contributed by atoms with E-state index in [1.807, 2.05) is 41.3 Å². The lowest BCUT2D eigenvalue weighted by Crippen LogP contribution is -2.52. The van der Waals surface area contributed by atoms with E-state index in [1.54, 1.807) is 11.1 Å². The molecule has 0 N–H and O–H groups in total. The minimum atomic E-state index is 0.0146. The molecule has 0 spiro atoms. The van der Waals surface area contributed by atoms with Crippen LogP contribution < -0.4 is 9.80 Å². The summed E-state index contributed by atoms with van der Waals surface area (Å²) in [5.41, 5.74) is 2.04. The number of anilines is 2. The molecule has 140 valence electrons. The summed E-state index contributed by atoms with van der Waals surface area (Å²) in [4.78, 5) is 35.6. The Balaban J connectivity index is 1.42. The molecule has 0 bridgehead atoms. The van der Waals surface area contributed by atoms with Crippen molar-refractivity contribution in [3.8, 4) is 0 Å². The number of aromatic nitrogens is 1. The topological polar surface area (TPSA) is 56.8 Å². The monoisotopic (exact) mass is 364 g/mol. The number of piperazine rings is 1. The number of nitrogens with zero attached hydrogens (tertiary/aromatic N) is 4. The number of hydrogen-bond acceptors (Lipinski definition) is 4. The van der Waals surface area contributed by atoms with Gasteiger partial charge in [0.1, 0.15) is 12.4 Å². The predicted octanol–water partition coefficient (Wildman–Crippen LogP) is 2.10. The highest BCUT2D eigenvalue weighted by molar-refractivity contribution is 5.99. The van der Waals surface area contributed by atoms with Crippen LogP contribution in [0.5, 0.6) is 0 Å². The summed E-state index contributed by atoms with van der Waals surface area (Å²) in [7, 11) is 0. The van der Waals surface area contributed by atoms with E-state index in [0.717, 1.165) is 43.0 Å². The van der Waals surface area contributed by atoms with Crippen molar-refractivity contribution in [2.75, 3.05) is 42.5 Å². The Labute approximate surface area is 159 Å². The van der Waals surface area contributed by atoms with E-state index >= 15 is 0 Å². The molecule has 6 nitrogen and oxygen atoms in total. The molecule has 1 fully saturated rings. The van der Waals surface area contributed by atoms with Gasteiger partial charge in [0, 0.05) is 44.5 Å². The Hall–Kier alpha value is -2.89. The number of benzene rings is 1. The maximum Gasteiger partial charge on any atom is 0.242 e. The fraction of sp³-hybridized carbons (Fsp3) is 0.381. The molecule has 2 amide bonds. The van der Waals surface area contributed by atoms with Crippen LogP contribution in [0.3, 0.4) is 0 Å². The SMILES string of the molecule is O=C(CN1C(=O)CCCc2ccccc21)N1CCN(c2ccccn2)CC1. The summed E-state index contributed by atoms with van der Waals surface area (Å²) >= 11 is 0. The van der Waals surface area contributed by atoms with Gasteiger partial charge < -0.3 is 14.7 Å². The Morgan fingerprint density at radius 2 is 1.74 bits per heavy atom. The molecular weight excluding hydrogens is 340 g/mol. The zero-order chi connectivity index (χ0) is 18.6. The van der Waals surface area contributed by atoms with Crippen LogP contribution in [0.25, 0.3) is 0 Å². The molecule has 0 radical (unpaired) electrons. The highest BCUT2D eigenvalue weighted by Crippen LogP contribution is 2.26. The second-order valence-electron chi connectivity index (χ2n) is 7.02. The molecule has 27 heavy (non-hydrogen) atoms.